The molecule has 3 aromatic heterocycles. The van der Waals surface area contributed by atoms with E-state index in [1.807, 2.05) is 56.3 Å². The summed E-state index contributed by atoms with van der Waals surface area (Å²) in [5, 5.41) is 8.59. The number of fused-ring (bicyclic) bond motifs is 1. The molecule has 5 rings (SSSR count). The van der Waals surface area contributed by atoms with Crippen LogP contribution in [0.5, 0.6) is 0 Å². The van der Waals surface area contributed by atoms with E-state index in [1.165, 1.54) is 11.8 Å². The number of carbonyl (C=O) groups excluding carboxylic acids is 1. The number of thiazole rings is 1. The van der Waals surface area contributed by atoms with Crippen molar-refractivity contribution in [1.29, 1.82) is 0 Å². The molecule has 0 spiro atoms. The fraction of sp³-hybridized carbons (Fsp3) is 0.120. The van der Waals surface area contributed by atoms with Crippen LogP contribution in [0.1, 0.15) is 27.4 Å². The van der Waals surface area contributed by atoms with Gasteiger partial charge in [0.2, 0.25) is 0 Å². The molecule has 3 heterocycles. The van der Waals surface area contributed by atoms with Crippen molar-refractivity contribution < 1.29 is 9.32 Å². The standard InChI is InChI=1S/C25H20N4O2S2/c1-15-20(16(2)31-29-15)14-32-25-19(9-6-12-26-25)23(30)27-18-8-5-7-17(13-18)24-28-21-10-3-4-11-22(21)33-24/h3-13H,14H2,1-2H3,(H,27,30). The zero-order valence-electron chi connectivity index (χ0n) is 18.0. The number of carbonyl (C=O) groups is 1. The van der Waals surface area contributed by atoms with Crippen LogP contribution < -0.4 is 5.32 Å². The van der Waals surface area contributed by atoms with Gasteiger partial charge in [0.15, 0.2) is 0 Å². The molecular weight excluding hydrogens is 452 g/mol. The lowest BCUT2D eigenvalue weighted by molar-refractivity contribution is 0.102. The van der Waals surface area contributed by atoms with Gasteiger partial charge in [0.25, 0.3) is 5.91 Å². The van der Waals surface area contributed by atoms with Gasteiger partial charge in [0.05, 0.1) is 21.5 Å². The van der Waals surface area contributed by atoms with Gasteiger partial charge in [-0.1, -0.05) is 29.4 Å². The molecule has 5 aromatic rings. The first kappa shape index (κ1) is 21.4. The minimum absolute atomic E-state index is 0.203. The smallest absolute Gasteiger partial charge is 0.258 e. The Balaban J connectivity index is 1.35. The SMILES string of the molecule is Cc1noc(C)c1CSc1ncccc1C(=O)Nc1cccc(-c2nc3ccccc3s2)c1. The Hall–Kier alpha value is -3.49. The Morgan fingerprint density at radius 1 is 1.09 bits per heavy atom. The first-order valence-corrected chi connectivity index (χ1v) is 12.2. The molecule has 6 nitrogen and oxygen atoms in total. The van der Waals surface area contributed by atoms with Crippen LogP contribution in [0.15, 0.2) is 76.4 Å². The average Bonchev–Trinajstić information content (AvgIpc) is 3.41. The highest BCUT2D eigenvalue weighted by atomic mass is 32.2. The minimum Gasteiger partial charge on any atom is -0.361 e. The molecule has 1 N–H and O–H groups in total. The second kappa shape index (κ2) is 9.17. The van der Waals surface area contributed by atoms with Crippen LogP contribution in [0.2, 0.25) is 0 Å². The average molecular weight is 473 g/mol. The number of nitrogens with one attached hydrogen (secondary N) is 1. The summed E-state index contributed by atoms with van der Waals surface area (Å²) in [4.78, 5) is 22.3. The molecule has 2 aromatic carbocycles. The molecule has 8 heteroatoms. The third-order valence-electron chi connectivity index (χ3n) is 5.21. The van der Waals surface area contributed by atoms with E-state index in [4.69, 9.17) is 9.51 Å². The maximum absolute atomic E-state index is 13.1. The number of pyridine rings is 1. The number of benzene rings is 2. The third-order valence-corrected chi connectivity index (χ3v) is 7.33. The quantitative estimate of drug-likeness (QED) is 0.284. The summed E-state index contributed by atoms with van der Waals surface area (Å²) in [6.07, 6.45) is 1.69. The van der Waals surface area contributed by atoms with Gasteiger partial charge in [-0.15, -0.1) is 23.1 Å². The van der Waals surface area contributed by atoms with Crippen LogP contribution in [0.25, 0.3) is 20.8 Å². The summed E-state index contributed by atoms with van der Waals surface area (Å²) in [6, 6.07) is 19.4. The Kier molecular flexibility index (Phi) is 5.93. The Labute approximate surface area is 199 Å². The van der Waals surface area contributed by atoms with Crippen molar-refractivity contribution in [2.24, 2.45) is 0 Å². The van der Waals surface area contributed by atoms with Crippen molar-refractivity contribution in [3.63, 3.8) is 0 Å². The number of rotatable bonds is 6. The monoisotopic (exact) mass is 472 g/mol. The summed E-state index contributed by atoms with van der Waals surface area (Å²) in [5.41, 5.74) is 5.06. The van der Waals surface area contributed by atoms with Crippen molar-refractivity contribution in [2.45, 2.75) is 24.6 Å². The van der Waals surface area contributed by atoms with E-state index in [2.05, 4.69) is 21.5 Å². The van der Waals surface area contributed by atoms with Crippen molar-refractivity contribution in [3.05, 3.63) is 89.4 Å². The Morgan fingerprint density at radius 2 is 1.97 bits per heavy atom. The van der Waals surface area contributed by atoms with Gasteiger partial charge in [-0.05, 0) is 50.2 Å². The lowest BCUT2D eigenvalue weighted by Gasteiger charge is -2.10. The third kappa shape index (κ3) is 4.53. The van der Waals surface area contributed by atoms with Gasteiger partial charge in [-0.3, -0.25) is 4.79 Å². The molecule has 0 unspecified atom stereocenters. The number of amides is 1. The molecule has 33 heavy (non-hydrogen) atoms. The van der Waals surface area contributed by atoms with E-state index in [-0.39, 0.29) is 5.91 Å². The van der Waals surface area contributed by atoms with E-state index in [9.17, 15) is 4.79 Å². The maximum atomic E-state index is 13.1. The number of nitrogens with zero attached hydrogens (tertiary/aromatic N) is 3. The number of para-hydroxylation sites is 1. The van der Waals surface area contributed by atoms with Crippen molar-refractivity contribution in [1.82, 2.24) is 15.1 Å². The molecule has 1 amide bonds. The normalized spacial score (nSPS) is 11.1. The lowest BCUT2D eigenvalue weighted by Crippen LogP contribution is -2.13. The van der Waals surface area contributed by atoms with E-state index in [1.54, 1.807) is 29.7 Å². The summed E-state index contributed by atoms with van der Waals surface area (Å²) in [6.45, 7) is 3.80. The van der Waals surface area contributed by atoms with Gasteiger partial charge >= 0.3 is 0 Å². The molecule has 0 aliphatic heterocycles. The van der Waals surface area contributed by atoms with Crippen molar-refractivity contribution >= 4 is 44.9 Å². The number of thioether (sulfide) groups is 1. The van der Waals surface area contributed by atoms with E-state index < -0.39 is 0 Å². The lowest BCUT2D eigenvalue weighted by atomic mass is 10.2. The minimum atomic E-state index is -0.203. The second-order valence-corrected chi connectivity index (χ2v) is 9.46. The highest BCUT2D eigenvalue weighted by Gasteiger charge is 2.16. The molecule has 0 radical (unpaired) electrons. The van der Waals surface area contributed by atoms with Gasteiger partial charge in [0.1, 0.15) is 15.8 Å². The molecule has 0 bridgehead atoms. The topological polar surface area (TPSA) is 80.9 Å². The predicted octanol–water partition coefficient (Wildman–Crippen LogP) is 6.51. The molecule has 0 saturated carbocycles. The van der Waals surface area contributed by atoms with Crippen molar-refractivity contribution in [3.8, 4) is 10.6 Å². The predicted molar refractivity (Wildman–Crippen MR) is 133 cm³/mol. The van der Waals surface area contributed by atoms with Crippen LogP contribution in [-0.2, 0) is 5.75 Å². The largest absolute Gasteiger partial charge is 0.361 e. The summed E-state index contributed by atoms with van der Waals surface area (Å²) < 4.78 is 6.38. The Morgan fingerprint density at radius 3 is 2.79 bits per heavy atom. The van der Waals surface area contributed by atoms with Gasteiger partial charge in [-0.2, -0.15) is 0 Å². The van der Waals surface area contributed by atoms with Crippen LogP contribution in [0.3, 0.4) is 0 Å². The van der Waals surface area contributed by atoms with Crippen LogP contribution in [0, 0.1) is 13.8 Å². The number of hydrogen-bond acceptors (Lipinski definition) is 7. The van der Waals surface area contributed by atoms with Crippen molar-refractivity contribution in [2.75, 3.05) is 5.32 Å². The van der Waals surface area contributed by atoms with E-state index in [0.29, 0.717) is 22.0 Å². The first-order chi connectivity index (χ1) is 16.1. The fourth-order valence-electron chi connectivity index (χ4n) is 3.45. The van der Waals surface area contributed by atoms with E-state index in [0.717, 1.165) is 37.8 Å². The Bertz CT molecular complexity index is 1410. The molecule has 0 saturated heterocycles. The molecule has 0 aliphatic rings. The summed E-state index contributed by atoms with van der Waals surface area (Å²) >= 11 is 3.13. The second-order valence-electron chi connectivity index (χ2n) is 7.47. The van der Waals surface area contributed by atoms with Crippen LogP contribution in [-0.4, -0.2) is 21.0 Å². The van der Waals surface area contributed by atoms with Crippen LogP contribution >= 0.6 is 23.1 Å². The molecule has 0 atom stereocenters. The zero-order valence-corrected chi connectivity index (χ0v) is 19.7. The highest BCUT2D eigenvalue weighted by Crippen LogP contribution is 2.32. The summed E-state index contributed by atoms with van der Waals surface area (Å²) in [7, 11) is 0. The molecule has 164 valence electrons. The fourth-order valence-corrected chi connectivity index (χ4v) is 5.56. The molecule has 0 fully saturated rings. The number of anilines is 1. The number of aryl methyl sites for hydroxylation is 2. The van der Waals surface area contributed by atoms with Gasteiger partial charge in [-0.25, -0.2) is 9.97 Å². The molecular formula is C25H20N4O2S2. The van der Waals surface area contributed by atoms with Gasteiger partial charge in [0, 0.05) is 28.8 Å². The van der Waals surface area contributed by atoms with Crippen LogP contribution in [0.4, 0.5) is 5.69 Å². The number of hydrogen-bond donors (Lipinski definition) is 1. The number of aromatic nitrogens is 3. The van der Waals surface area contributed by atoms with E-state index >= 15 is 0 Å². The highest BCUT2D eigenvalue weighted by molar-refractivity contribution is 7.98. The molecule has 0 aliphatic carbocycles. The van der Waals surface area contributed by atoms with Gasteiger partial charge < -0.3 is 9.84 Å². The first-order valence-electron chi connectivity index (χ1n) is 10.4. The summed E-state index contributed by atoms with van der Waals surface area (Å²) in [5.74, 6) is 1.21. The maximum Gasteiger partial charge on any atom is 0.258 e. The zero-order chi connectivity index (χ0) is 22.8.